The Hall–Kier alpha value is -2.69. The molecule has 0 saturated carbocycles. The normalized spacial score (nSPS) is 12.2. The van der Waals surface area contributed by atoms with Crippen molar-refractivity contribution in [3.63, 3.8) is 0 Å². The molecule has 3 rings (SSSR count). The summed E-state index contributed by atoms with van der Waals surface area (Å²) in [5, 5.41) is 4.88. The highest BCUT2D eigenvalue weighted by Crippen LogP contribution is 2.18. The minimum atomic E-state index is -0.0842. The summed E-state index contributed by atoms with van der Waals surface area (Å²) in [4.78, 5) is 17.0. The van der Waals surface area contributed by atoms with Crippen LogP contribution in [-0.4, -0.2) is 21.7 Å². The van der Waals surface area contributed by atoms with Gasteiger partial charge in [0, 0.05) is 17.6 Å². The predicted octanol–water partition coefficient (Wildman–Crippen LogP) is 2.82. The SMILES string of the molecule is CC(C)N=c1ccccn1C(=O)Cc1noc2ccccc12. The molecule has 5 heteroatoms. The predicted molar refractivity (Wildman–Crippen MR) is 83.5 cm³/mol. The monoisotopic (exact) mass is 295 g/mol. The maximum absolute atomic E-state index is 12.6. The second-order valence-electron chi connectivity index (χ2n) is 5.35. The van der Waals surface area contributed by atoms with Crippen molar-refractivity contribution in [2.45, 2.75) is 26.3 Å². The smallest absolute Gasteiger partial charge is 0.238 e. The second kappa shape index (κ2) is 5.97. The van der Waals surface area contributed by atoms with Crippen LogP contribution in [0.2, 0.25) is 0 Å². The molecule has 0 atom stereocenters. The van der Waals surface area contributed by atoms with E-state index in [0.717, 1.165) is 5.39 Å². The van der Waals surface area contributed by atoms with Crippen LogP contribution >= 0.6 is 0 Å². The molecular weight excluding hydrogens is 278 g/mol. The Morgan fingerprint density at radius 3 is 2.82 bits per heavy atom. The molecule has 0 saturated heterocycles. The van der Waals surface area contributed by atoms with Crippen LogP contribution in [0.1, 0.15) is 24.3 Å². The van der Waals surface area contributed by atoms with E-state index in [2.05, 4.69) is 10.1 Å². The van der Waals surface area contributed by atoms with Gasteiger partial charge in [-0.15, -0.1) is 0 Å². The van der Waals surface area contributed by atoms with E-state index < -0.39 is 0 Å². The van der Waals surface area contributed by atoms with Crippen molar-refractivity contribution < 1.29 is 9.32 Å². The van der Waals surface area contributed by atoms with Gasteiger partial charge < -0.3 is 4.52 Å². The van der Waals surface area contributed by atoms with E-state index in [1.165, 1.54) is 0 Å². The van der Waals surface area contributed by atoms with Gasteiger partial charge in [0.2, 0.25) is 5.91 Å². The molecule has 22 heavy (non-hydrogen) atoms. The molecule has 0 fully saturated rings. The lowest BCUT2D eigenvalue weighted by Crippen LogP contribution is -2.28. The first-order valence-electron chi connectivity index (χ1n) is 7.23. The van der Waals surface area contributed by atoms with Crippen LogP contribution in [0.25, 0.3) is 11.0 Å². The standard InChI is InChI=1S/C17H17N3O2/c1-12(2)18-16-9-5-6-10-20(16)17(21)11-14-13-7-3-4-8-15(13)22-19-14/h3-10,12H,11H2,1-2H3. The fraction of sp³-hybridized carbons (Fsp3) is 0.235. The molecule has 0 amide bonds. The number of hydrogen-bond acceptors (Lipinski definition) is 4. The number of nitrogens with zero attached hydrogens (tertiary/aromatic N) is 3. The van der Waals surface area contributed by atoms with Crippen molar-refractivity contribution in [2.75, 3.05) is 0 Å². The lowest BCUT2D eigenvalue weighted by Gasteiger charge is -2.06. The van der Waals surface area contributed by atoms with E-state index in [4.69, 9.17) is 4.52 Å². The zero-order valence-electron chi connectivity index (χ0n) is 12.6. The van der Waals surface area contributed by atoms with Crippen molar-refractivity contribution in [2.24, 2.45) is 4.99 Å². The number of fused-ring (bicyclic) bond motifs is 1. The maximum atomic E-state index is 12.6. The molecular formula is C17H17N3O2. The van der Waals surface area contributed by atoms with Gasteiger partial charge in [-0.25, -0.2) is 0 Å². The Morgan fingerprint density at radius 2 is 2.00 bits per heavy atom. The molecule has 0 spiro atoms. The van der Waals surface area contributed by atoms with Gasteiger partial charge in [-0.1, -0.05) is 23.4 Å². The van der Waals surface area contributed by atoms with Gasteiger partial charge in [-0.2, -0.15) is 0 Å². The first-order valence-corrected chi connectivity index (χ1v) is 7.23. The van der Waals surface area contributed by atoms with Crippen LogP contribution in [0.4, 0.5) is 0 Å². The molecule has 1 aromatic carbocycles. The Balaban J connectivity index is 1.96. The molecule has 112 valence electrons. The first-order chi connectivity index (χ1) is 10.6. The topological polar surface area (TPSA) is 60.4 Å². The number of rotatable bonds is 3. The van der Waals surface area contributed by atoms with Crippen LogP contribution in [0, 0.1) is 0 Å². The fourth-order valence-corrected chi connectivity index (χ4v) is 2.31. The Labute approximate surface area is 127 Å². The lowest BCUT2D eigenvalue weighted by molar-refractivity contribution is 0.0906. The van der Waals surface area contributed by atoms with E-state index in [9.17, 15) is 4.79 Å². The van der Waals surface area contributed by atoms with Crippen LogP contribution in [0.3, 0.4) is 0 Å². The second-order valence-corrected chi connectivity index (χ2v) is 5.35. The van der Waals surface area contributed by atoms with Gasteiger partial charge >= 0.3 is 0 Å². The maximum Gasteiger partial charge on any atom is 0.238 e. The molecule has 0 aliphatic rings. The average molecular weight is 295 g/mol. The van der Waals surface area contributed by atoms with Gasteiger partial charge in [0.25, 0.3) is 0 Å². The zero-order chi connectivity index (χ0) is 15.5. The molecule has 2 heterocycles. The minimum absolute atomic E-state index is 0.0842. The Morgan fingerprint density at radius 1 is 1.23 bits per heavy atom. The summed E-state index contributed by atoms with van der Waals surface area (Å²) < 4.78 is 6.80. The Bertz CT molecular complexity index is 874. The van der Waals surface area contributed by atoms with Gasteiger partial charge in [0.1, 0.15) is 11.2 Å². The average Bonchev–Trinajstić information content (AvgIpc) is 2.90. The summed E-state index contributed by atoms with van der Waals surface area (Å²) in [6.07, 6.45) is 1.90. The molecule has 2 aromatic heterocycles. The van der Waals surface area contributed by atoms with Gasteiger partial charge in [-0.3, -0.25) is 14.4 Å². The number of para-hydroxylation sites is 1. The number of hydrogen-bond donors (Lipinski definition) is 0. The summed E-state index contributed by atoms with van der Waals surface area (Å²) in [5.41, 5.74) is 1.98. The third kappa shape index (κ3) is 2.83. The first kappa shape index (κ1) is 14.3. The molecule has 0 aliphatic carbocycles. The fourth-order valence-electron chi connectivity index (χ4n) is 2.31. The van der Waals surface area contributed by atoms with E-state index in [-0.39, 0.29) is 18.4 Å². The molecule has 0 aliphatic heterocycles. The summed E-state index contributed by atoms with van der Waals surface area (Å²) in [6.45, 7) is 3.96. The summed E-state index contributed by atoms with van der Waals surface area (Å²) in [6, 6.07) is 13.2. The number of pyridine rings is 1. The van der Waals surface area contributed by atoms with Crippen LogP contribution in [0.15, 0.2) is 58.2 Å². The molecule has 0 bridgehead atoms. The Kier molecular flexibility index (Phi) is 3.87. The third-order valence-electron chi connectivity index (χ3n) is 3.27. The van der Waals surface area contributed by atoms with Crippen molar-refractivity contribution in [1.82, 2.24) is 9.72 Å². The number of carbonyl (C=O) groups is 1. The van der Waals surface area contributed by atoms with E-state index in [1.54, 1.807) is 10.8 Å². The van der Waals surface area contributed by atoms with Crippen LogP contribution < -0.4 is 5.49 Å². The van der Waals surface area contributed by atoms with E-state index >= 15 is 0 Å². The van der Waals surface area contributed by atoms with E-state index in [0.29, 0.717) is 16.8 Å². The van der Waals surface area contributed by atoms with Crippen molar-refractivity contribution in [3.8, 4) is 0 Å². The van der Waals surface area contributed by atoms with Crippen LogP contribution in [-0.2, 0) is 6.42 Å². The van der Waals surface area contributed by atoms with Crippen molar-refractivity contribution in [3.05, 3.63) is 59.8 Å². The third-order valence-corrected chi connectivity index (χ3v) is 3.27. The number of benzene rings is 1. The van der Waals surface area contributed by atoms with Gasteiger partial charge in [-0.05, 0) is 38.1 Å². The molecule has 5 nitrogen and oxygen atoms in total. The summed E-state index contributed by atoms with van der Waals surface area (Å²) in [7, 11) is 0. The van der Waals surface area contributed by atoms with Gasteiger partial charge in [0.15, 0.2) is 5.58 Å². The highest BCUT2D eigenvalue weighted by atomic mass is 16.5. The number of aromatic nitrogens is 2. The lowest BCUT2D eigenvalue weighted by atomic mass is 10.1. The molecule has 3 aromatic rings. The number of carbonyl (C=O) groups excluding carboxylic acids is 1. The molecule has 0 unspecified atom stereocenters. The zero-order valence-corrected chi connectivity index (χ0v) is 12.6. The highest BCUT2D eigenvalue weighted by molar-refractivity contribution is 5.87. The van der Waals surface area contributed by atoms with Crippen LogP contribution in [0.5, 0.6) is 0 Å². The molecule has 0 N–H and O–H groups in total. The summed E-state index contributed by atoms with van der Waals surface area (Å²) >= 11 is 0. The largest absolute Gasteiger partial charge is 0.356 e. The van der Waals surface area contributed by atoms with Crippen molar-refractivity contribution in [1.29, 1.82) is 0 Å². The van der Waals surface area contributed by atoms with Crippen molar-refractivity contribution >= 4 is 16.9 Å². The highest BCUT2D eigenvalue weighted by Gasteiger charge is 2.13. The van der Waals surface area contributed by atoms with E-state index in [1.807, 2.05) is 56.3 Å². The molecule has 0 radical (unpaired) electrons. The minimum Gasteiger partial charge on any atom is -0.356 e. The van der Waals surface area contributed by atoms with Gasteiger partial charge in [0.05, 0.1) is 6.42 Å². The summed E-state index contributed by atoms with van der Waals surface area (Å²) in [5.74, 6) is -0.0842. The quantitative estimate of drug-likeness (QED) is 0.746.